The molecule has 0 radical (unpaired) electrons. The molecule has 6 nitrogen and oxygen atoms in total. The monoisotopic (exact) mass is 259 g/mol. The molecule has 1 aliphatic rings. The highest BCUT2D eigenvalue weighted by Crippen LogP contribution is 2.34. The summed E-state index contributed by atoms with van der Waals surface area (Å²) in [7, 11) is -2.87. The van der Waals surface area contributed by atoms with Crippen LogP contribution in [0.5, 0.6) is 0 Å². The van der Waals surface area contributed by atoms with E-state index in [1.54, 1.807) is 0 Å². The summed E-state index contributed by atoms with van der Waals surface area (Å²) >= 11 is 0. The first-order valence-electron chi connectivity index (χ1n) is 5.69. The first kappa shape index (κ1) is 12.5. The lowest BCUT2D eigenvalue weighted by Crippen LogP contribution is -2.35. The van der Waals surface area contributed by atoms with Crippen molar-refractivity contribution in [3.05, 3.63) is 11.7 Å². The van der Waals surface area contributed by atoms with Crippen LogP contribution < -0.4 is 5.73 Å². The summed E-state index contributed by atoms with van der Waals surface area (Å²) in [6.07, 6.45) is 1.66. The van der Waals surface area contributed by atoms with Crippen LogP contribution in [-0.2, 0) is 21.7 Å². The van der Waals surface area contributed by atoms with E-state index >= 15 is 0 Å². The Morgan fingerprint density at radius 3 is 2.65 bits per heavy atom. The zero-order valence-electron chi connectivity index (χ0n) is 9.85. The van der Waals surface area contributed by atoms with E-state index in [1.807, 2.05) is 6.92 Å². The van der Waals surface area contributed by atoms with E-state index in [1.165, 1.54) is 0 Å². The fourth-order valence-corrected chi connectivity index (χ4v) is 3.66. The van der Waals surface area contributed by atoms with Gasteiger partial charge in [0.2, 0.25) is 5.89 Å². The van der Waals surface area contributed by atoms with Crippen molar-refractivity contribution < 1.29 is 12.9 Å². The minimum atomic E-state index is -2.87. The Bertz CT molecular complexity index is 481. The summed E-state index contributed by atoms with van der Waals surface area (Å²) in [5.74, 6) is 1.53. The van der Waals surface area contributed by atoms with Crippen molar-refractivity contribution in [1.82, 2.24) is 10.1 Å². The van der Waals surface area contributed by atoms with Gasteiger partial charge >= 0.3 is 0 Å². The molecular weight excluding hydrogens is 242 g/mol. The topological polar surface area (TPSA) is 99.1 Å². The Balaban J connectivity index is 2.15. The van der Waals surface area contributed by atoms with Gasteiger partial charge in [0.25, 0.3) is 0 Å². The molecule has 0 amide bonds. The van der Waals surface area contributed by atoms with E-state index in [2.05, 4.69) is 10.1 Å². The predicted octanol–water partition coefficient (Wildman–Crippen LogP) is 0.0371. The van der Waals surface area contributed by atoms with Crippen LogP contribution in [0, 0.1) is 0 Å². The molecule has 2 N–H and O–H groups in total. The van der Waals surface area contributed by atoms with Crippen LogP contribution >= 0.6 is 0 Å². The van der Waals surface area contributed by atoms with Gasteiger partial charge < -0.3 is 10.3 Å². The molecule has 1 aromatic rings. The molecule has 2 heterocycles. The van der Waals surface area contributed by atoms with Crippen LogP contribution in [0.15, 0.2) is 4.52 Å². The normalized spacial score (nSPS) is 22.5. The number of nitrogens with zero attached hydrogens (tertiary/aromatic N) is 2. The van der Waals surface area contributed by atoms with Gasteiger partial charge in [0.15, 0.2) is 5.82 Å². The van der Waals surface area contributed by atoms with Gasteiger partial charge in [-0.15, -0.1) is 0 Å². The molecule has 0 atom stereocenters. The SMILES string of the molecule is CC1(c2noc(CCN)n2)CCS(=O)(=O)CC1. The summed E-state index contributed by atoms with van der Waals surface area (Å²) in [6.45, 7) is 2.45. The van der Waals surface area contributed by atoms with Crippen molar-refractivity contribution in [2.75, 3.05) is 18.1 Å². The number of rotatable bonds is 3. The molecule has 0 aliphatic carbocycles. The fourth-order valence-electron chi connectivity index (χ4n) is 1.94. The van der Waals surface area contributed by atoms with Gasteiger partial charge in [-0.25, -0.2) is 8.42 Å². The van der Waals surface area contributed by atoms with Gasteiger partial charge in [0.05, 0.1) is 11.5 Å². The van der Waals surface area contributed by atoms with Gasteiger partial charge in [0, 0.05) is 18.4 Å². The molecule has 17 heavy (non-hydrogen) atoms. The predicted molar refractivity (Wildman–Crippen MR) is 62.3 cm³/mol. The standard InChI is InChI=1S/C10H17N3O3S/c1-10(3-6-17(14,15)7-4-10)9-12-8(2-5-11)16-13-9/h2-7,11H2,1H3. The van der Waals surface area contributed by atoms with Crippen molar-refractivity contribution in [3.63, 3.8) is 0 Å². The van der Waals surface area contributed by atoms with Crippen LogP contribution in [-0.4, -0.2) is 36.6 Å². The Hall–Kier alpha value is -0.950. The minimum absolute atomic E-state index is 0.199. The molecule has 1 aromatic heterocycles. The third-order valence-corrected chi connectivity index (χ3v) is 4.95. The maximum atomic E-state index is 11.4. The maximum Gasteiger partial charge on any atom is 0.227 e. The van der Waals surface area contributed by atoms with Crippen molar-refractivity contribution in [1.29, 1.82) is 0 Å². The lowest BCUT2D eigenvalue weighted by atomic mass is 9.83. The number of nitrogens with two attached hydrogens (primary N) is 1. The second kappa shape index (κ2) is 4.38. The quantitative estimate of drug-likeness (QED) is 0.822. The van der Waals surface area contributed by atoms with Crippen LogP contribution in [0.1, 0.15) is 31.5 Å². The highest BCUT2D eigenvalue weighted by Gasteiger charge is 2.38. The van der Waals surface area contributed by atoms with Crippen LogP contribution in [0.2, 0.25) is 0 Å². The third-order valence-electron chi connectivity index (χ3n) is 3.30. The van der Waals surface area contributed by atoms with E-state index in [0.717, 1.165) is 0 Å². The zero-order valence-corrected chi connectivity index (χ0v) is 10.7. The molecule has 0 aromatic carbocycles. The molecule has 1 aliphatic heterocycles. The molecule has 0 bridgehead atoms. The number of sulfone groups is 1. The second-order valence-corrected chi connectivity index (χ2v) is 7.07. The number of aromatic nitrogens is 2. The van der Waals surface area contributed by atoms with E-state index < -0.39 is 9.84 Å². The summed E-state index contributed by atoms with van der Waals surface area (Å²) in [5, 5.41) is 3.94. The van der Waals surface area contributed by atoms with E-state index in [0.29, 0.717) is 37.5 Å². The lowest BCUT2D eigenvalue weighted by molar-refractivity contribution is 0.340. The van der Waals surface area contributed by atoms with E-state index in [9.17, 15) is 8.42 Å². The van der Waals surface area contributed by atoms with Gasteiger partial charge in [-0.3, -0.25) is 0 Å². The highest BCUT2D eigenvalue weighted by molar-refractivity contribution is 7.91. The molecule has 0 spiro atoms. The van der Waals surface area contributed by atoms with Gasteiger partial charge in [-0.05, 0) is 12.8 Å². The highest BCUT2D eigenvalue weighted by atomic mass is 32.2. The average molecular weight is 259 g/mol. The minimum Gasteiger partial charge on any atom is -0.339 e. The largest absolute Gasteiger partial charge is 0.339 e. The van der Waals surface area contributed by atoms with Gasteiger partial charge in [0.1, 0.15) is 9.84 Å². The fraction of sp³-hybridized carbons (Fsp3) is 0.800. The number of hydrogen-bond donors (Lipinski definition) is 1. The summed E-state index contributed by atoms with van der Waals surface area (Å²) < 4.78 is 27.9. The summed E-state index contributed by atoms with van der Waals surface area (Å²) in [4.78, 5) is 4.29. The Kier molecular flexibility index (Phi) is 3.22. The number of hydrogen-bond acceptors (Lipinski definition) is 6. The molecule has 0 saturated carbocycles. The second-order valence-electron chi connectivity index (χ2n) is 4.76. The van der Waals surface area contributed by atoms with Crippen molar-refractivity contribution in [2.24, 2.45) is 5.73 Å². The van der Waals surface area contributed by atoms with Crippen LogP contribution in [0.4, 0.5) is 0 Å². The Morgan fingerprint density at radius 1 is 1.41 bits per heavy atom. The van der Waals surface area contributed by atoms with Crippen molar-refractivity contribution >= 4 is 9.84 Å². The van der Waals surface area contributed by atoms with E-state index in [4.69, 9.17) is 10.3 Å². The van der Waals surface area contributed by atoms with Gasteiger partial charge in [-0.2, -0.15) is 4.98 Å². The van der Waals surface area contributed by atoms with Crippen molar-refractivity contribution in [3.8, 4) is 0 Å². The van der Waals surface area contributed by atoms with Gasteiger partial charge in [-0.1, -0.05) is 12.1 Å². The smallest absolute Gasteiger partial charge is 0.227 e. The first-order chi connectivity index (χ1) is 7.95. The van der Waals surface area contributed by atoms with Crippen LogP contribution in [0.3, 0.4) is 0 Å². The molecule has 1 fully saturated rings. The van der Waals surface area contributed by atoms with E-state index in [-0.39, 0.29) is 16.9 Å². The first-order valence-corrected chi connectivity index (χ1v) is 7.51. The third kappa shape index (κ3) is 2.66. The average Bonchev–Trinajstić information content (AvgIpc) is 2.73. The Morgan fingerprint density at radius 2 is 2.06 bits per heavy atom. The Labute approximate surface area is 100 Å². The molecule has 0 unspecified atom stereocenters. The molecule has 2 rings (SSSR count). The summed E-state index contributed by atoms with van der Waals surface area (Å²) in [6, 6.07) is 0. The lowest BCUT2D eigenvalue weighted by Gasteiger charge is -2.29. The summed E-state index contributed by atoms with van der Waals surface area (Å²) in [5.41, 5.74) is 5.12. The molecular formula is C10H17N3O3S. The molecule has 1 saturated heterocycles. The maximum absolute atomic E-state index is 11.4. The zero-order chi connectivity index (χ0) is 12.5. The molecule has 96 valence electrons. The molecule has 7 heteroatoms. The van der Waals surface area contributed by atoms with Crippen LogP contribution in [0.25, 0.3) is 0 Å². The van der Waals surface area contributed by atoms with Crippen molar-refractivity contribution in [2.45, 2.75) is 31.6 Å².